The normalized spacial score (nSPS) is 11.6. The second kappa shape index (κ2) is 9.75. The van der Waals surface area contributed by atoms with Crippen molar-refractivity contribution in [2.24, 2.45) is 0 Å². The van der Waals surface area contributed by atoms with Gasteiger partial charge < -0.3 is 8.83 Å². The molecule has 0 atom stereocenters. The molecule has 0 amide bonds. The summed E-state index contributed by atoms with van der Waals surface area (Å²) in [4.78, 5) is 14.9. The molecule has 0 fully saturated rings. The fourth-order valence-electron chi connectivity index (χ4n) is 6.09. The molecule has 3 heterocycles. The number of furan rings is 2. The number of hydrogen-bond donors (Lipinski definition) is 0. The van der Waals surface area contributed by atoms with E-state index in [4.69, 9.17) is 23.8 Å². The van der Waals surface area contributed by atoms with Crippen molar-refractivity contribution in [3.63, 3.8) is 0 Å². The van der Waals surface area contributed by atoms with Crippen LogP contribution in [0, 0.1) is 0 Å². The molecule has 9 rings (SSSR count). The molecule has 0 spiro atoms. The summed E-state index contributed by atoms with van der Waals surface area (Å²) >= 11 is 0. The van der Waals surface area contributed by atoms with Gasteiger partial charge in [-0.3, -0.25) is 0 Å². The fourth-order valence-corrected chi connectivity index (χ4v) is 6.09. The smallest absolute Gasteiger partial charge is 0.167 e. The average Bonchev–Trinajstić information content (AvgIpc) is 3.67. The minimum absolute atomic E-state index is 0.551. The van der Waals surface area contributed by atoms with Crippen molar-refractivity contribution < 1.29 is 8.83 Å². The standard InChI is InChI=1S/C39H23N3O2/c1-3-11-24(12-4-1)27-16-10-20-33-35(27)30-22-21-26(23-34(30)43-33)38-40-37(25-13-5-2-6-14-25)41-39(42-38)31-18-9-17-29-28-15-7-8-19-32(28)44-36(29)31/h1-23H. The molecule has 0 aliphatic carbocycles. The predicted octanol–water partition coefficient (Wildman–Crippen LogP) is 10.3. The summed E-state index contributed by atoms with van der Waals surface area (Å²) in [6.07, 6.45) is 0. The zero-order valence-corrected chi connectivity index (χ0v) is 23.4. The van der Waals surface area contributed by atoms with E-state index in [9.17, 15) is 0 Å². The maximum absolute atomic E-state index is 6.41. The Morgan fingerprint density at radius 3 is 1.84 bits per heavy atom. The first-order chi connectivity index (χ1) is 21.8. The van der Waals surface area contributed by atoms with Gasteiger partial charge in [-0.15, -0.1) is 0 Å². The first kappa shape index (κ1) is 24.5. The molecule has 206 valence electrons. The van der Waals surface area contributed by atoms with E-state index in [2.05, 4.69) is 54.6 Å². The number of rotatable bonds is 4. The Kier molecular flexibility index (Phi) is 5.43. The van der Waals surface area contributed by atoms with Crippen LogP contribution in [0.3, 0.4) is 0 Å². The van der Waals surface area contributed by atoms with Crippen molar-refractivity contribution >= 4 is 43.9 Å². The Balaban J connectivity index is 1.25. The highest BCUT2D eigenvalue weighted by Gasteiger charge is 2.19. The number of fused-ring (bicyclic) bond motifs is 6. The van der Waals surface area contributed by atoms with Gasteiger partial charge in [-0.2, -0.15) is 0 Å². The van der Waals surface area contributed by atoms with Crippen LogP contribution in [0.2, 0.25) is 0 Å². The maximum atomic E-state index is 6.41. The lowest BCUT2D eigenvalue weighted by Crippen LogP contribution is -2.00. The van der Waals surface area contributed by atoms with Gasteiger partial charge in [-0.25, -0.2) is 15.0 Å². The zero-order chi connectivity index (χ0) is 29.0. The second-order valence-electron chi connectivity index (χ2n) is 10.8. The van der Waals surface area contributed by atoms with E-state index in [1.54, 1.807) is 0 Å². The van der Waals surface area contributed by atoms with Gasteiger partial charge in [0.05, 0.1) is 5.56 Å². The third-order valence-corrected chi connectivity index (χ3v) is 8.15. The summed E-state index contributed by atoms with van der Waals surface area (Å²) in [5.41, 5.74) is 8.07. The van der Waals surface area contributed by atoms with E-state index in [1.807, 2.05) is 84.9 Å². The minimum Gasteiger partial charge on any atom is -0.456 e. The molecule has 3 aromatic heterocycles. The molecular weight excluding hydrogens is 542 g/mol. The minimum atomic E-state index is 0.551. The number of nitrogens with zero attached hydrogens (tertiary/aromatic N) is 3. The Labute approximate surface area is 252 Å². The Hall–Kier alpha value is -6.07. The van der Waals surface area contributed by atoms with Gasteiger partial charge in [0.1, 0.15) is 22.3 Å². The topological polar surface area (TPSA) is 65.0 Å². The van der Waals surface area contributed by atoms with E-state index in [1.165, 1.54) is 0 Å². The van der Waals surface area contributed by atoms with Crippen molar-refractivity contribution in [2.75, 3.05) is 0 Å². The average molecular weight is 566 g/mol. The second-order valence-corrected chi connectivity index (χ2v) is 10.8. The highest BCUT2D eigenvalue weighted by Crippen LogP contribution is 2.39. The van der Waals surface area contributed by atoms with Crippen LogP contribution in [0.15, 0.2) is 148 Å². The molecule has 5 heteroatoms. The Bertz CT molecular complexity index is 2500. The van der Waals surface area contributed by atoms with Gasteiger partial charge >= 0.3 is 0 Å². The number of benzene rings is 6. The Morgan fingerprint density at radius 1 is 0.364 bits per heavy atom. The van der Waals surface area contributed by atoms with Crippen LogP contribution >= 0.6 is 0 Å². The van der Waals surface area contributed by atoms with Crippen molar-refractivity contribution in [2.45, 2.75) is 0 Å². The fraction of sp³-hybridized carbons (Fsp3) is 0. The van der Waals surface area contributed by atoms with E-state index in [0.29, 0.717) is 17.5 Å². The number of hydrogen-bond acceptors (Lipinski definition) is 5. The molecule has 44 heavy (non-hydrogen) atoms. The third-order valence-electron chi connectivity index (χ3n) is 8.15. The van der Waals surface area contributed by atoms with Crippen molar-refractivity contribution in [1.29, 1.82) is 0 Å². The van der Waals surface area contributed by atoms with E-state index < -0.39 is 0 Å². The van der Waals surface area contributed by atoms with Crippen LogP contribution in [0.4, 0.5) is 0 Å². The van der Waals surface area contributed by atoms with Crippen LogP contribution in [0.1, 0.15) is 0 Å². The van der Waals surface area contributed by atoms with Gasteiger partial charge in [0.15, 0.2) is 17.5 Å². The van der Waals surface area contributed by atoms with Crippen LogP contribution in [-0.2, 0) is 0 Å². The summed E-state index contributed by atoms with van der Waals surface area (Å²) in [5, 5.41) is 4.23. The highest BCUT2D eigenvalue weighted by molar-refractivity contribution is 6.13. The first-order valence-corrected chi connectivity index (χ1v) is 14.5. The molecule has 0 unspecified atom stereocenters. The molecule has 0 radical (unpaired) electrons. The quantitative estimate of drug-likeness (QED) is 0.212. The molecule has 9 aromatic rings. The molecule has 0 N–H and O–H groups in total. The molecule has 0 saturated carbocycles. The van der Waals surface area contributed by atoms with E-state index >= 15 is 0 Å². The lowest BCUT2D eigenvalue weighted by atomic mass is 9.99. The van der Waals surface area contributed by atoms with Crippen molar-refractivity contribution in [1.82, 2.24) is 15.0 Å². The van der Waals surface area contributed by atoms with Gasteiger partial charge in [0.25, 0.3) is 0 Å². The van der Waals surface area contributed by atoms with Crippen molar-refractivity contribution in [3.8, 4) is 45.3 Å². The van der Waals surface area contributed by atoms with E-state index in [-0.39, 0.29) is 0 Å². The molecule has 0 saturated heterocycles. The summed E-state index contributed by atoms with van der Waals surface area (Å²) in [5.74, 6) is 1.71. The summed E-state index contributed by atoms with van der Waals surface area (Å²) in [6.45, 7) is 0. The molecule has 0 bridgehead atoms. The number of para-hydroxylation sites is 2. The third kappa shape index (κ3) is 3.91. The molecular formula is C39H23N3O2. The number of aromatic nitrogens is 3. The summed E-state index contributed by atoms with van der Waals surface area (Å²) in [7, 11) is 0. The molecule has 5 nitrogen and oxygen atoms in total. The SMILES string of the molecule is c1ccc(-c2nc(-c3ccc4c(c3)oc3cccc(-c5ccccc5)c34)nc(-c3cccc4c3oc3ccccc34)n2)cc1. The summed E-state index contributed by atoms with van der Waals surface area (Å²) < 4.78 is 12.8. The van der Waals surface area contributed by atoms with Crippen LogP contribution < -0.4 is 0 Å². The van der Waals surface area contributed by atoms with E-state index in [0.717, 1.165) is 71.7 Å². The largest absolute Gasteiger partial charge is 0.456 e. The Morgan fingerprint density at radius 2 is 1.00 bits per heavy atom. The molecule has 6 aromatic carbocycles. The van der Waals surface area contributed by atoms with Crippen LogP contribution in [0.25, 0.3) is 89.2 Å². The van der Waals surface area contributed by atoms with Crippen LogP contribution in [-0.4, -0.2) is 15.0 Å². The zero-order valence-electron chi connectivity index (χ0n) is 23.4. The van der Waals surface area contributed by atoms with Crippen LogP contribution in [0.5, 0.6) is 0 Å². The first-order valence-electron chi connectivity index (χ1n) is 14.5. The maximum Gasteiger partial charge on any atom is 0.167 e. The molecule has 0 aliphatic rings. The predicted molar refractivity (Wildman–Crippen MR) is 176 cm³/mol. The van der Waals surface area contributed by atoms with Gasteiger partial charge in [0, 0.05) is 32.7 Å². The lowest BCUT2D eigenvalue weighted by molar-refractivity contribution is 0.668. The molecule has 0 aliphatic heterocycles. The monoisotopic (exact) mass is 565 g/mol. The van der Waals surface area contributed by atoms with Gasteiger partial charge in [0.2, 0.25) is 0 Å². The van der Waals surface area contributed by atoms with Gasteiger partial charge in [-0.1, -0.05) is 109 Å². The van der Waals surface area contributed by atoms with Crippen molar-refractivity contribution in [3.05, 3.63) is 140 Å². The summed E-state index contributed by atoms with van der Waals surface area (Å²) in [6, 6.07) is 47.0. The highest BCUT2D eigenvalue weighted by atomic mass is 16.3. The lowest BCUT2D eigenvalue weighted by Gasteiger charge is -2.09. The van der Waals surface area contributed by atoms with Gasteiger partial charge in [-0.05, 0) is 41.5 Å².